The van der Waals surface area contributed by atoms with E-state index in [4.69, 9.17) is 0 Å². The molecule has 1 atom stereocenters. The van der Waals surface area contributed by atoms with Crippen molar-refractivity contribution in [3.05, 3.63) is 82.6 Å². The Hall–Kier alpha value is -2.88. The van der Waals surface area contributed by atoms with Crippen molar-refractivity contribution in [2.45, 2.75) is 26.3 Å². The van der Waals surface area contributed by atoms with Crippen LogP contribution in [-0.4, -0.2) is 11.8 Å². The number of benzene rings is 2. The number of carbonyl (C=O) groups excluding carboxylic acids is 2. The summed E-state index contributed by atoms with van der Waals surface area (Å²) in [6.45, 7) is 3.86. The average Bonchev–Trinajstić information content (AvgIpc) is 2.61. The molecule has 24 heavy (non-hydrogen) atoms. The number of hydrogen-bond donors (Lipinski definition) is 2. The third kappa shape index (κ3) is 3.08. The number of Topliss-reactive ketones (excluding diaryl/α,β-unsaturated/α-hetero) is 1. The minimum atomic E-state index is -0.447. The fourth-order valence-electron chi connectivity index (χ4n) is 2.94. The van der Waals surface area contributed by atoms with Crippen LogP contribution in [0.25, 0.3) is 0 Å². The minimum Gasteiger partial charge on any atom is -0.327 e. The van der Waals surface area contributed by atoms with Gasteiger partial charge in [0.05, 0.1) is 6.04 Å². The number of carbonyl (C=O) groups is 2. The van der Waals surface area contributed by atoms with Gasteiger partial charge in [0, 0.05) is 16.8 Å². The Balaban J connectivity index is 2.03. The Kier molecular flexibility index (Phi) is 4.47. The lowest BCUT2D eigenvalue weighted by atomic mass is 9.89. The van der Waals surface area contributed by atoms with Crippen molar-refractivity contribution in [3.8, 4) is 0 Å². The first-order valence-electron chi connectivity index (χ1n) is 8.07. The number of aryl methyl sites for hydroxylation is 1. The number of ketones is 1. The first-order valence-corrected chi connectivity index (χ1v) is 8.07. The third-order valence-corrected chi connectivity index (χ3v) is 4.27. The SMILES string of the molecule is CCc1ccc([C@H]2NC(=O)NC(C)=C2C(=O)c2ccccc2)cc1. The van der Waals surface area contributed by atoms with E-state index in [1.165, 1.54) is 5.56 Å². The van der Waals surface area contributed by atoms with E-state index in [-0.39, 0.29) is 11.8 Å². The van der Waals surface area contributed by atoms with Gasteiger partial charge in [-0.15, -0.1) is 0 Å². The van der Waals surface area contributed by atoms with E-state index in [9.17, 15) is 9.59 Å². The van der Waals surface area contributed by atoms with Crippen molar-refractivity contribution in [1.29, 1.82) is 0 Å². The molecular formula is C20H20N2O2. The zero-order valence-corrected chi connectivity index (χ0v) is 13.8. The Labute approximate surface area is 141 Å². The van der Waals surface area contributed by atoms with E-state index < -0.39 is 6.04 Å². The molecular weight excluding hydrogens is 300 g/mol. The highest BCUT2D eigenvalue weighted by atomic mass is 16.2. The molecule has 0 fully saturated rings. The summed E-state index contributed by atoms with van der Waals surface area (Å²) in [5.74, 6) is -0.0785. The van der Waals surface area contributed by atoms with Crippen molar-refractivity contribution < 1.29 is 9.59 Å². The summed E-state index contributed by atoms with van der Waals surface area (Å²) >= 11 is 0. The van der Waals surface area contributed by atoms with E-state index in [0.717, 1.165) is 12.0 Å². The summed E-state index contributed by atoms with van der Waals surface area (Å²) in [5, 5.41) is 5.58. The smallest absolute Gasteiger partial charge is 0.319 e. The highest BCUT2D eigenvalue weighted by molar-refractivity contribution is 6.11. The zero-order valence-electron chi connectivity index (χ0n) is 13.8. The van der Waals surface area contributed by atoms with Gasteiger partial charge in [0.2, 0.25) is 0 Å². The Bertz CT molecular complexity index is 792. The molecule has 3 rings (SSSR count). The van der Waals surface area contributed by atoms with Crippen molar-refractivity contribution >= 4 is 11.8 Å². The van der Waals surface area contributed by atoms with E-state index in [1.807, 2.05) is 42.5 Å². The summed E-state index contributed by atoms with van der Waals surface area (Å²) in [6, 6.07) is 16.4. The summed E-state index contributed by atoms with van der Waals surface area (Å²) in [6.07, 6.45) is 0.948. The highest BCUT2D eigenvalue weighted by Crippen LogP contribution is 2.29. The molecule has 2 aromatic rings. The van der Waals surface area contributed by atoms with Gasteiger partial charge in [-0.3, -0.25) is 4.79 Å². The Morgan fingerprint density at radius 3 is 2.33 bits per heavy atom. The summed E-state index contributed by atoms with van der Waals surface area (Å²) in [7, 11) is 0. The van der Waals surface area contributed by atoms with Gasteiger partial charge in [-0.2, -0.15) is 0 Å². The monoisotopic (exact) mass is 320 g/mol. The van der Waals surface area contributed by atoms with Crippen LogP contribution in [0.2, 0.25) is 0 Å². The van der Waals surface area contributed by atoms with Crippen LogP contribution in [0.1, 0.15) is 41.4 Å². The lowest BCUT2D eigenvalue weighted by Gasteiger charge is -2.28. The van der Waals surface area contributed by atoms with Gasteiger partial charge >= 0.3 is 6.03 Å². The van der Waals surface area contributed by atoms with Crippen LogP contribution < -0.4 is 10.6 Å². The first-order chi connectivity index (χ1) is 11.6. The van der Waals surface area contributed by atoms with E-state index in [2.05, 4.69) is 17.6 Å². The quantitative estimate of drug-likeness (QED) is 0.843. The first kappa shape index (κ1) is 16.0. The maximum Gasteiger partial charge on any atom is 0.319 e. The molecule has 122 valence electrons. The van der Waals surface area contributed by atoms with Crippen LogP contribution in [0.3, 0.4) is 0 Å². The van der Waals surface area contributed by atoms with Gasteiger partial charge in [-0.25, -0.2) is 4.79 Å². The normalized spacial score (nSPS) is 17.2. The van der Waals surface area contributed by atoms with Crippen molar-refractivity contribution in [1.82, 2.24) is 10.6 Å². The molecule has 0 bridgehead atoms. The van der Waals surface area contributed by atoms with Crippen LogP contribution in [0.4, 0.5) is 4.79 Å². The molecule has 0 aromatic heterocycles. The van der Waals surface area contributed by atoms with Gasteiger partial charge in [-0.05, 0) is 24.5 Å². The van der Waals surface area contributed by atoms with Crippen LogP contribution in [0.15, 0.2) is 65.9 Å². The number of urea groups is 1. The van der Waals surface area contributed by atoms with Gasteiger partial charge in [-0.1, -0.05) is 61.5 Å². The van der Waals surface area contributed by atoms with Gasteiger partial charge < -0.3 is 10.6 Å². The zero-order chi connectivity index (χ0) is 17.1. The molecule has 4 heteroatoms. The van der Waals surface area contributed by atoms with Gasteiger partial charge in [0.25, 0.3) is 0 Å². The average molecular weight is 320 g/mol. The van der Waals surface area contributed by atoms with Crippen LogP contribution >= 0.6 is 0 Å². The maximum atomic E-state index is 13.0. The third-order valence-electron chi connectivity index (χ3n) is 4.27. The second-order valence-electron chi connectivity index (χ2n) is 5.86. The maximum absolute atomic E-state index is 13.0. The number of rotatable bonds is 4. The minimum absolute atomic E-state index is 0.0785. The Morgan fingerprint density at radius 2 is 1.71 bits per heavy atom. The van der Waals surface area contributed by atoms with Crippen LogP contribution in [-0.2, 0) is 6.42 Å². The topological polar surface area (TPSA) is 58.2 Å². The molecule has 0 saturated heterocycles. The molecule has 0 saturated carbocycles. The number of hydrogen-bond acceptors (Lipinski definition) is 2. The van der Waals surface area contributed by atoms with Crippen molar-refractivity contribution in [2.24, 2.45) is 0 Å². The van der Waals surface area contributed by atoms with Gasteiger partial charge in [0.1, 0.15) is 0 Å². The molecule has 1 aliphatic heterocycles. The van der Waals surface area contributed by atoms with E-state index in [0.29, 0.717) is 16.8 Å². The lowest BCUT2D eigenvalue weighted by Crippen LogP contribution is -2.45. The van der Waals surface area contributed by atoms with E-state index >= 15 is 0 Å². The molecule has 4 nitrogen and oxygen atoms in total. The summed E-state index contributed by atoms with van der Waals surface area (Å²) in [5.41, 5.74) is 3.90. The second-order valence-corrected chi connectivity index (χ2v) is 5.86. The summed E-state index contributed by atoms with van der Waals surface area (Å²) in [4.78, 5) is 24.9. The fourth-order valence-corrected chi connectivity index (χ4v) is 2.94. The number of amides is 2. The van der Waals surface area contributed by atoms with Gasteiger partial charge in [0.15, 0.2) is 5.78 Å². The molecule has 0 spiro atoms. The number of allylic oxidation sites excluding steroid dienone is 1. The summed E-state index contributed by atoms with van der Waals surface area (Å²) < 4.78 is 0. The van der Waals surface area contributed by atoms with Crippen molar-refractivity contribution in [2.75, 3.05) is 0 Å². The second kappa shape index (κ2) is 6.71. The fraction of sp³-hybridized carbons (Fsp3) is 0.200. The number of nitrogens with one attached hydrogen (secondary N) is 2. The largest absolute Gasteiger partial charge is 0.327 e. The molecule has 2 aromatic carbocycles. The molecule has 1 heterocycles. The van der Waals surface area contributed by atoms with Crippen LogP contribution in [0.5, 0.6) is 0 Å². The molecule has 2 N–H and O–H groups in total. The molecule has 0 radical (unpaired) electrons. The predicted octanol–water partition coefficient (Wildman–Crippen LogP) is 3.76. The van der Waals surface area contributed by atoms with E-state index in [1.54, 1.807) is 19.1 Å². The molecule has 0 unspecified atom stereocenters. The Morgan fingerprint density at radius 1 is 1.04 bits per heavy atom. The molecule has 2 amide bonds. The highest BCUT2D eigenvalue weighted by Gasteiger charge is 2.31. The lowest BCUT2D eigenvalue weighted by molar-refractivity contribution is 0.102. The molecule has 0 aliphatic carbocycles. The van der Waals surface area contributed by atoms with Crippen molar-refractivity contribution in [3.63, 3.8) is 0 Å². The predicted molar refractivity (Wildman–Crippen MR) is 93.7 cm³/mol. The van der Waals surface area contributed by atoms with Crippen LogP contribution in [0, 0.1) is 0 Å². The molecule has 1 aliphatic rings. The standard InChI is InChI=1S/C20H20N2O2/c1-3-14-9-11-15(12-10-14)18-17(13(2)21-20(24)22-18)19(23)16-7-5-4-6-8-16/h4-12,18H,3H2,1-2H3,(H2,21,22,24)/t18-/m1/s1.